The molecule has 24 heavy (non-hydrogen) atoms. The summed E-state index contributed by atoms with van der Waals surface area (Å²) in [7, 11) is 0. The van der Waals surface area contributed by atoms with E-state index in [2.05, 4.69) is 0 Å². The van der Waals surface area contributed by atoms with Gasteiger partial charge in [-0.05, 0) is 57.3 Å². The number of benzene rings is 1. The van der Waals surface area contributed by atoms with Crippen LogP contribution in [-0.4, -0.2) is 25.4 Å². The molecular weight excluding hydrogens is 326 g/mol. The van der Waals surface area contributed by atoms with Gasteiger partial charge in [-0.3, -0.25) is 0 Å². The molecule has 0 radical (unpaired) electrons. The van der Waals surface area contributed by atoms with E-state index in [0.717, 1.165) is 5.00 Å². The van der Waals surface area contributed by atoms with Gasteiger partial charge in [-0.1, -0.05) is 0 Å². The van der Waals surface area contributed by atoms with Crippen LogP contribution in [0.5, 0.6) is 11.5 Å². The molecule has 6 heteroatoms. The summed E-state index contributed by atoms with van der Waals surface area (Å²) in [5.74, 6) is 1.27. The lowest BCUT2D eigenvalue weighted by Crippen LogP contribution is -2.28. The maximum Gasteiger partial charge on any atom is 0.419 e. The van der Waals surface area contributed by atoms with E-state index < -0.39 is 6.09 Å². The van der Waals surface area contributed by atoms with Crippen molar-refractivity contribution in [3.63, 3.8) is 0 Å². The van der Waals surface area contributed by atoms with Crippen LogP contribution in [0.2, 0.25) is 0 Å². The Morgan fingerprint density at radius 1 is 1.12 bits per heavy atom. The smallest absolute Gasteiger partial charge is 0.419 e. The second-order valence-electron chi connectivity index (χ2n) is 5.22. The Hall–Kier alpha value is -2.21. The highest BCUT2D eigenvalue weighted by atomic mass is 32.1. The topological polar surface area (TPSA) is 48.0 Å². The number of ether oxygens (including phenoxy) is 3. The van der Waals surface area contributed by atoms with Gasteiger partial charge in [-0.25, -0.2) is 9.69 Å². The van der Waals surface area contributed by atoms with Crippen LogP contribution in [0.25, 0.3) is 0 Å². The fraction of sp³-hybridized carbons (Fsp3) is 0.389. The minimum absolute atomic E-state index is 0.200. The number of anilines is 2. The molecule has 5 nitrogen and oxygen atoms in total. The lowest BCUT2D eigenvalue weighted by Gasteiger charge is -2.23. The van der Waals surface area contributed by atoms with E-state index in [1.165, 1.54) is 11.3 Å². The van der Waals surface area contributed by atoms with Crippen LogP contribution in [0.15, 0.2) is 35.7 Å². The lowest BCUT2D eigenvalue weighted by molar-refractivity contribution is 0.125. The third-order valence-corrected chi connectivity index (χ3v) is 3.88. The summed E-state index contributed by atoms with van der Waals surface area (Å²) in [5.41, 5.74) is 0.676. The lowest BCUT2D eigenvalue weighted by atomic mass is 10.2. The van der Waals surface area contributed by atoms with Crippen molar-refractivity contribution < 1.29 is 19.0 Å². The van der Waals surface area contributed by atoms with Crippen LogP contribution in [0, 0.1) is 0 Å². The van der Waals surface area contributed by atoms with Crippen molar-refractivity contribution in [3.8, 4) is 11.5 Å². The highest BCUT2D eigenvalue weighted by Crippen LogP contribution is 2.37. The Bertz CT molecular complexity index is 655. The minimum Gasteiger partial charge on any atom is -0.490 e. The number of hydrogen-bond acceptors (Lipinski definition) is 5. The summed E-state index contributed by atoms with van der Waals surface area (Å²) < 4.78 is 16.6. The molecule has 1 aromatic heterocycles. The van der Waals surface area contributed by atoms with E-state index in [4.69, 9.17) is 14.2 Å². The Labute approximate surface area is 146 Å². The van der Waals surface area contributed by atoms with Crippen LogP contribution in [-0.2, 0) is 4.74 Å². The largest absolute Gasteiger partial charge is 0.490 e. The quantitative estimate of drug-likeness (QED) is 0.687. The fourth-order valence-electron chi connectivity index (χ4n) is 2.15. The first-order valence-corrected chi connectivity index (χ1v) is 8.88. The molecule has 0 aliphatic heterocycles. The standard InChI is InChI=1S/C18H23NO4S/c1-5-21-15-10-9-14(12-16(15)22-6-2)19(17-8-7-11-24-17)18(20)23-13(3)4/h7-13H,5-6H2,1-4H3. The Kier molecular flexibility index (Phi) is 6.49. The molecule has 2 aromatic rings. The van der Waals surface area contributed by atoms with Crippen molar-refractivity contribution in [3.05, 3.63) is 35.7 Å². The maximum atomic E-state index is 12.6. The Balaban J connectivity index is 2.42. The summed E-state index contributed by atoms with van der Waals surface area (Å²) in [4.78, 5) is 14.1. The first-order valence-electron chi connectivity index (χ1n) is 8.00. The first kappa shape index (κ1) is 18.1. The second kappa shape index (κ2) is 8.59. The number of carbonyl (C=O) groups excluding carboxylic acids is 1. The van der Waals surface area contributed by atoms with Gasteiger partial charge in [-0.2, -0.15) is 0 Å². The average molecular weight is 349 g/mol. The fourth-order valence-corrected chi connectivity index (χ4v) is 2.89. The van der Waals surface area contributed by atoms with Crippen LogP contribution in [0.1, 0.15) is 27.7 Å². The molecule has 0 saturated heterocycles. The monoisotopic (exact) mass is 349 g/mol. The van der Waals surface area contributed by atoms with Crippen LogP contribution in [0.3, 0.4) is 0 Å². The van der Waals surface area contributed by atoms with E-state index in [1.54, 1.807) is 11.0 Å². The van der Waals surface area contributed by atoms with Gasteiger partial charge in [-0.15, -0.1) is 11.3 Å². The van der Waals surface area contributed by atoms with E-state index in [-0.39, 0.29) is 6.10 Å². The Morgan fingerprint density at radius 3 is 2.42 bits per heavy atom. The molecular formula is C18H23NO4S. The molecule has 0 spiro atoms. The summed E-state index contributed by atoms with van der Waals surface area (Å²) in [6, 6.07) is 9.22. The summed E-state index contributed by atoms with van der Waals surface area (Å²) in [5, 5.41) is 2.70. The zero-order chi connectivity index (χ0) is 17.5. The highest BCUT2D eigenvalue weighted by Gasteiger charge is 2.23. The van der Waals surface area contributed by atoms with E-state index in [0.29, 0.717) is 30.4 Å². The molecule has 0 bridgehead atoms. The molecule has 1 amide bonds. The van der Waals surface area contributed by atoms with Crippen LogP contribution >= 0.6 is 11.3 Å². The molecule has 1 heterocycles. The molecule has 0 unspecified atom stereocenters. The predicted molar refractivity (Wildman–Crippen MR) is 96.9 cm³/mol. The van der Waals surface area contributed by atoms with Crippen molar-refractivity contribution in [2.24, 2.45) is 0 Å². The zero-order valence-electron chi connectivity index (χ0n) is 14.4. The van der Waals surface area contributed by atoms with E-state index >= 15 is 0 Å². The van der Waals surface area contributed by atoms with E-state index in [1.807, 2.05) is 57.3 Å². The molecule has 0 aliphatic rings. The highest BCUT2D eigenvalue weighted by molar-refractivity contribution is 7.14. The van der Waals surface area contributed by atoms with Gasteiger partial charge in [0.05, 0.1) is 25.0 Å². The van der Waals surface area contributed by atoms with Gasteiger partial charge in [0, 0.05) is 6.07 Å². The van der Waals surface area contributed by atoms with Gasteiger partial charge < -0.3 is 14.2 Å². The first-order chi connectivity index (χ1) is 11.6. The van der Waals surface area contributed by atoms with Crippen molar-refractivity contribution in [2.75, 3.05) is 18.1 Å². The Morgan fingerprint density at radius 2 is 1.83 bits per heavy atom. The minimum atomic E-state index is -0.418. The second-order valence-corrected chi connectivity index (χ2v) is 6.14. The third-order valence-electron chi connectivity index (χ3n) is 3.03. The van der Waals surface area contributed by atoms with Gasteiger partial charge >= 0.3 is 6.09 Å². The predicted octanol–water partition coefficient (Wildman–Crippen LogP) is 5.23. The normalized spacial score (nSPS) is 10.5. The molecule has 0 atom stereocenters. The number of rotatable bonds is 7. The molecule has 0 fully saturated rings. The van der Waals surface area contributed by atoms with Gasteiger partial charge in [0.15, 0.2) is 11.5 Å². The average Bonchev–Trinajstić information content (AvgIpc) is 3.03. The third kappa shape index (κ3) is 4.41. The zero-order valence-corrected chi connectivity index (χ0v) is 15.3. The maximum absolute atomic E-state index is 12.6. The van der Waals surface area contributed by atoms with Crippen molar-refractivity contribution in [1.82, 2.24) is 0 Å². The van der Waals surface area contributed by atoms with Crippen molar-refractivity contribution in [2.45, 2.75) is 33.8 Å². The van der Waals surface area contributed by atoms with Gasteiger partial charge in [0.1, 0.15) is 5.00 Å². The van der Waals surface area contributed by atoms with Crippen LogP contribution in [0.4, 0.5) is 15.5 Å². The number of hydrogen-bond donors (Lipinski definition) is 0. The molecule has 1 aromatic carbocycles. The molecule has 2 rings (SSSR count). The van der Waals surface area contributed by atoms with E-state index in [9.17, 15) is 4.79 Å². The number of nitrogens with zero attached hydrogens (tertiary/aromatic N) is 1. The van der Waals surface area contributed by atoms with Crippen LogP contribution < -0.4 is 14.4 Å². The summed E-state index contributed by atoms with van der Waals surface area (Å²) >= 11 is 1.47. The van der Waals surface area contributed by atoms with Crippen molar-refractivity contribution in [1.29, 1.82) is 0 Å². The molecule has 0 N–H and O–H groups in total. The SMILES string of the molecule is CCOc1ccc(N(C(=O)OC(C)C)c2cccs2)cc1OCC. The van der Waals surface area contributed by atoms with Gasteiger partial charge in [0.2, 0.25) is 0 Å². The number of amides is 1. The molecule has 0 saturated carbocycles. The molecule has 0 aliphatic carbocycles. The summed E-state index contributed by atoms with van der Waals surface area (Å²) in [6.07, 6.45) is -0.618. The molecule has 130 valence electrons. The summed E-state index contributed by atoms with van der Waals surface area (Å²) in [6.45, 7) is 8.54. The van der Waals surface area contributed by atoms with Gasteiger partial charge in [0.25, 0.3) is 0 Å². The van der Waals surface area contributed by atoms with Crippen molar-refractivity contribution >= 4 is 28.1 Å². The number of thiophene rings is 1. The number of carbonyl (C=O) groups is 1.